The van der Waals surface area contributed by atoms with Crippen LogP contribution in [0.4, 0.5) is 10.1 Å². The van der Waals surface area contributed by atoms with Crippen LogP contribution in [0.25, 0.3) is 0 Å². The van der Waals surface area contributed by atoms with E-state index in [0.29, 0.717) is 39.9 Å². The maximum atomic E-state index is 15.6. The van der Waals surface area contributed by atoms with Gasteiger partial charge in [0.2, 0.25) is 0 Å². The van der Waals surface area contributed by atoms with E-state index in [-0.39, 0.29) is 5.82 Å². The highest BCUT2D eigenvalue weighted by molar-refractivity contribution is 7.97. The van der Waals surface area contributed by atoms with Crippen molar-refractivity contribution >= 4 is 34.8 Å². The zero-order valence-electron chi connectivity index (χ0n) is 22.1. The molecule has 1 heterocycles. The fourth-order valence-corrected chi connectivity index (χ4v) is 5.80. The smallest absolute Gasteiger partial charge is 0.129 e. The second-order valence-electron chi connectivity index (χ2n) is 9.54. The van der Waals surface area contributed by atoms with E-state index in [9.17, 15) is 0 Å². The average Bonchev–Trinajstić information content (AvgIpc) is 2.98. The number of thioether (sulfide) groups is 1. The van der Waals surface area contributed by atoms with Gasteiger partial charge in [0.1, 0.15) is 16.5 Å². The van der Waals surface area contributed by atoms with Crippen molar-refractivity contribution < 1.29 is 4.39 Å². The van der Waals surface area contributed by atoms with Crippen molar-refractivity contribution in [2.24, 2.45) is 0 Å². The van der Waals surface area contributed by atoms with Gasteiger partial charge in [-0.2, -0.15) is 11.8 Å². The largest absolute Gasteiger partial charge is 0.367 e. The summed E-state index contributed by atoms with van der Waals surface area (Å²) in [5.74, 6) is 0.206. The van der Waals surface area contributed by atoms with Gasteiger partial charge in [0.05, 0.1) is 0 Å². The van der Waals surface area contributed by atoms with E-state index in [4.69, 9.17) is 17.0 Å². The van der Waals surface area contributed by atoms with Crippen LogP contribution in [0.15, 0.2) is 121 Å². The van der Waals surface area contributed by atoms with Crippen molar-refractivity contribution in [2.75, 3.05) is 11.6 Å². The molecule has 0 bridgehead atoms. The quantitative estimate of drug-likeness (QED) is 0.101. The van der Waals surface area contributed by atoms with Crippen molar-refractivity contribution in [3.05, 3.63) is 166 Å². The first kappa shape index (κ1) is 27.6. The molecule has 4 aromatic carbocycles. The van der Waals surface area contributed by atoms with E-state index in [1.807, 2.05) is 73.0 Å². The molecule has 0 radical (unpaired) electrons. The molecule has 40 heavy (non-hydrogen) atoms. The van der Waals surface area contributed by atoms with Crippen molar-refractivity contribution in [1.29, 1.82) is 5.41 Å². The minimum atomic E-state index is -0.855. The van der Waals surface area contributed by atoms with Crippen LogP contribution >= 0.6 is 23.4 Å². The lowest BCUT2D eigenvalue weighted by Gasteiger charge is -2.38. The maximum Gasteiger partial charge on any atom is 0.129 e. The Kier molecular flexibility index (Phi) is 8.63. The summed E-state index contributed by atoms with van der Waals surface area (Å²) >= 11 is 7.69. The topological polar surface area (TPSA) is 48.8 Å². The van der Waals surface area contributed by atoms with Crippen LogP contribution in [0.2, 0.25) is 5.15 Å². The highest BCUT2D eigenvalue weighted by Gasteiger charge is 2.37. The van der Waals surface area contributed by atoms with E-state index in [0.717, 1.165) is 22.3 Å². The van der Waals surface area contributed by atoms with Crippen LogP contribution < -0.4 is 5.32 Å². The second kappa shape index (κ2) is 12.5. The van der Waals surface area contributed by atoms with Crippen LogP contribution in [0.1, 0.15) is 33.4 Å². The van der Waals surface area contributed by atoms with E-state index < -0.39 is 5.54 Å². The summed E-state index contributed by atoms with van der Waals surface area (Å²) in [5, 5.41) is 13.3. The second-order valence-corrected chi connectivity index (χ2v) is 10.8. The first-order valence-corrected chi connectivity index (χ1v) is 14.7. The summed E-state index contributed by atoms with van der Waals surface area (Å²) in [4.78, 5) is 4.07. The zero-order valence-corrected chi connectivity index (χ0v) is 23.6. The Morgan fingerprint density at radius 3 is 1.90 bits per heavy atom. The zero-order chi connectivity index (χ0) is 28.0. The first-order chi connectivity index (χ1) is 19.5. The molecule has 0 amide bonds. The third kappa shape index (κ3) is 5.81. The van der Waals surface area contributed by atoms with E-state index in [1.165, 1.54) is 0 Å². The Hall–Kier alpha value is -3.93. The molecule has 1 aromatic heterocycles. The molecule has 0 saturated carbocycles. The standard InChI is InChI=1S/C34H29ClFN3S/c1-40-23-25-21-29(31(37)19-24-17-18-38-33(35)20-24)32(22-30(25)36)39-34(26-11-5-2-6-12-26,27-13-7-3-8-14-27)28-15-9-4-10-16-28/h2-18,20-22,37,39H,19,23H2,1H3. The van der Waals surface area contributed by atoms with Gasteiger partial charge in [-0.05, 0) is 58.3 Å². The highest BCUT2D eigenvalue weighted by Crippen LogP contribution is 2.41. The number of nitrogens with zero attached hydrogens (tertiary/aromatic N) is 1. The predicted octanol–water partition coefficient (Wildman–Crippen LogP) is 8.75. The third-order valence-corrected chi connectivity index (χ3v) is 7.73. The molecule has 2 N–H and O–H groups in total. The molecule has 0 unspecified atom stereocenters. The summed E-state index contributed by atoms with van der Waals surface area (Å²) in [7, 11) is 0. The normalized spacial score (nSPS) is 11.3. The number of halogens is 2. The van der Waals surface area contributed by atoms with Crippen LogP contribution in [0.5, 0.6) is 0 Å². The van der Waals surface area contributed by atoms with Crippen molar-refractivity contribution in [1.82, 2.24) is 4.98 Å². The number of hydrogen-bond acceptors (Lipinski definition) is 4. The number of benzene rings is 4. The fraction of sp³-hybridized carbons (Fsp3) is 0.118. The Morgan fingerprint density at radius 2 is 1.40 bits per heavy atom. The van der Waals surface area contributed by atoms with Crippen LogP contribution in [0, 0.1) is 11.2 Å². The number of rotatable bonds is 10. The number of hydrogen-bond donors (Lipinski definition) is 2. The van der Waals surface area contributed by atoms with Crippen LogP contribution in [-0.4, -0.2) is 17.0 Å². The molecule has 5 aromatic rings. The fourth-order valence-electron chi connectivity index (χ4n) is 5.07. The van der Waals surface area contributed by atoms with Gasteiger partial charge < -0.3 is 10.7 Å². The van der Waals surface area contributed by atoms with E-state index in [2.05, 4.69) is 46.7 Å². The molecule has 0 fully saturated rings. The summed E-state index contributed by atoms with van der Waals surface area (Å²) < 4.78 is 15.6. The molecule has 0 aliphatic carbocycles. The molecule has 3 nitrogen and oxygen atoms in total. The third-order valence-electron chi connectivity index (χ3n) is 6.93. The molecule has 0 spiro atoms. The van der Waals surface area contributed by atoms with Crippen molar-refractivity contribution in [2.45, 2.75) is 17.7 Å². The number of anilines is 1. The Labute approximate surface area is 244 Å². The van der Waals surface area contributed by atoms with Gasteiger partial charge in [-0.25, -0.2) is 9.37 Å². The monoisotopic (exact) mass is 565 g/mol. The maximum absolute atomic E-state index is 15.6. The van der Waals surface area contributed by atoms with Gasteiger partial charge in [-0.3, -0.25) is 0 Å². The number of pyridine rings is 1. The van der Waals surface area contributed by atoms with Crippen molar-refractivity contribution in [3.63, 3.8) is 0 Å². The van der Waals surface area contributed by atoms with E-state index >= 15 is 4.39 Å². The first-order valence-electron chi connectivity index (χ1n) is 13.0. The van der Waals surface area contributed by atoms with Gasteiger partial charge in [0.15, 0.2) is 0 Å². The summed E-state index contributed by atoms with van der Waals surface area (Å²) in [6.45, 7) is 0. The molecule has 0 aliphatic rings. The summed E-state index contributed by atoms with van der Waals surface area (Å²) in [5.41, 5.74) is 5.12. The summed E-state index contributed by atoms with van der Waals surface area (Å²) in [6, 6.07) is 37.5. The Bertz CT molecular complexity index is 1500. The lowest BCUT2D eigenvalue weighted by Crippen LogP contribution is -2.38. The number of aromatic nitrogens is 1. The van der Waals surface area contributed by atoms with Crippen LogP contribution in [-0.2, 0) is 17.7 Å². The van der Waals surface area contributed by atoms with Crippen molar-refractivity contribution in [3.8, 4) is 0 Å². The van der Waals surface area contributed by atoms with E-state index in [1.54, 1.807) is 30.1 Å². The molecule has 6 heteroatoms. The van der Waals surface area contributed by atoms with Gasteiger partial charge in [-0.15, -0.1) is 0 Å². The average molecular weight is 566 g/mol. The minimum absolute atomic E-state index is 0.302. The minimum Gasteiger partial charge on any atom is -0.367 e. The van der Waals surface area contributed by atoms with Gasteiger partial charge in [-0.1, -0.05) is 103 Å². The molecule has 200 valence electrons. The molecule has 0 atom stereocenters. The van der Waals surface area contributed by atoms with Gasteiger partial charge >= 0.3 is 0 Å². The van der Waals surface area contributed by atoms with Gasteiger partial charge in [0, 0.05) is 35.3 Å². The number of nitrogens with one attached hydrogen (secondary N) is 2. The molecule has 0 saturated heterocycles. The predicted molar refractivity (Wildman–Crippen MR) is 166 cm³/mol. The molecule has 5 rings (SSSR count). The summed E-state index contributed by atoms with van der Waals surface area (Å²) in [6.07, 6.45) is 3.91. The SMILES string of the molecule is CSCc1cc(C(=N)Cc2ccnc(Cl)c2)c(NC(c2ccccc2)(c2ccccc2)c2ccccc2)cc1F. The Morgan fingerprint density at radius 1 is 0.850 bits per heavy atom. The molecular formula is C34H29ClFN3S. The van der Waals surface area contributed by atoms with Crippen LogP contribution in [0.3, 0.4) is 0 Å². The van der Waals surface area contributed by atoms with Gasteiger partial charge in [0.25, 0.3) is 0 Å². The lowest BCUT2D eigenvalue weighted by molar-refractivity contribution is 0.616. The Balaban J connectivity index is 1.72. The lowest BCUT2D eigenvalue weighted by atomic mass is 9.76. The molecular weight excluding hydrogens is 537 g/mol. The molecule has 0 aliphatic heterocycles. The highest BCUT2D eigenvalue weighted by atomic mass is 35.5.